The minimum Gasteiger partial charge on any atom is -0.466 e. The van der Waals surface area contributed by atoms with Crippen LogP contribution >= 0.6 is 0 Å². The van der Waals surface area contributed by atoms with Crippen LogP contribution in [-0.2, 0) is 14.3 Å². The highest BCUT2D eigenvalue weighted by molar-refractivity contribution is 5.72. The average molecular weight is 366 g/mol. The molecule has 5 aliphatic rings. The molecule has 5 nitrogen and oxygen atoms in total. The Labute approximate surface area is 157 Å². The fourth-order valence-corrected chi connectivity index (χ4v) is 6.51. The Morgan fingerprint density at radius 3 is 2.46 bits per heavy atom. The van der Waals surface area contributed by atoms with E-state index in [0.29, 0.717) is 26.3 Å². The van der Waals surface area contributed by atoms with Crippen LogP contribution in [0.15, 0.2) is 0 Å². The quantitative estimate of drug-likeness (QED) is 0.703. The summed E-state index contributed by atoms with van der Waals surface area (Å²) in [6.45, 7) is 4.98. The van der Waals surface area contributed by atoms with E-state index in [0.717, 1.165) is 37.1 Å². The molecule has 0 aromatic rings. The van der Waals surface area contributed by atoms with Crippen LogP contribution in [0.5, 0.6) is 0 Å². The van der Waals surface area contributed by atoms with Crippen LogP contribution in [0.4, 0.5) is 0 Å². The first kappa shape index (κ1) is 18.7. The standard InChI is InChI=1S/C21H35NO4/c1-2-25-20(24)18-4-3-5-22(12-18)13-19(23)14-26-21-9-15-6-16(10-21)8-17(7-15)11-21/h15-19,23H,2-14H2,1H3. The van der Waals surface area contributed by atoms with Crippen LogP contribution in [0.3, 0.4) is 0 Å². The third-order valence-electron chi connectivity index (χ3n) is 7.16. The summed E-state index contributed by atoms with van der Waals surface area (Å²) in [7, 11) is 0. The molecule has 0 radical (unpaired) electrons. The SMILES string of the molecule is CCOC(=O)C1CCCN(CC(O)COC23CC4CC(CC(C4)C2)C3)C1. The highest BCUT2D eigenvalue weighted by Gasteiger charge is 2.51. The molecule has 4 saturated carbocycles. The van der Waals surface area contributed by atoms with Gasteiger partial charge in [0, 0.05) is 13.1 Å². The van der Waals surface area contributed by atoms with E-state index in [1.807, 2.05) is 6.92 Å². The van der Waals surface area contributed by atoms with E-state index < -0.39 is 6.10 Å². The molecule has 0 aromatic heterocycles. The first-order chi connectivity index (χ1) is 12.5. The molecule has 1 saturated heterocycles. The van der Waals surface area contributed by atoms with Crippen molar-refractivity contribution in [3.8, 4) is 0 Å². The molecule has 0 aromatic carbocycles. The van der Waals surface area contributed by atoms with Crippen molar-refractivity contribution in [3.05, 3.63) is 0 Å². The molecule has 2 atom stereocenters. The molecule has 1 heterocycles. The van der Waals surface area contributed by atoms with Gasteiger partial charge in [0.1, 0.15) is 0 Å². The fourth-order valence-electron chi connectivity index (χ4n) is 6.51. The first-order valence-electron chi connectivity index (χ1n) is 10.8. The maximum absolute atomic E-state index is 12.0. The number of carbonyl (C=O) groups is 1. The Kier molecular flexibility index (Phi) is 5.58. The summed E-state index contributed by atoms with van der Waals surface area (Å²) < 4.78 is 11.6. The lowest BCUT2D eigenvalue weighted by Gasteiger charge is -2.56. The van der Waals surface area contributed by atoms with Crippen LogP contribution in [-0.4, -0.2) is 60.5 Å². The van der Waals surface area contributed by atoms with E-state index in [9.17, 15) is 9.90 Å². The summed E-state index contributed by atoms with van der Waals surface area (Å²) >= 11 is 0. The molecule has 1 N–H and O–H groups in total. The van der Waals surface area contributed by atoms with Crippen molar-refractivity contribution in [2.24, 2.45) is 23.7 Å². The van der Waals surface area contributed by atoms with Gasteiger partial charge in [0.05, 0.1) is 30.8 Å². The fraction of sp³-hybridized carbons (Fsp3) is 0.952. The normalized spacial score (nSPS) is 40.5. The maximum atomic E-state index is 12.0. The predicted molar refractivity (Wildman–Crippen MR) is 98.7 cm³/mol. The van der Waals surface area contributed by atoms with Gasteiger partial charge in [-0.15, -0.1) is 0 Å². The van der Waals surface area contributed by atoms with E-state index in [1.165, 1.54) is 38.5 Å². The van der Waals surface area contributed by atoms with Gasteiger partial charge in [0.25, 0.3) is 0 Å². The minimum absolute atomic E-state index is 0.0417. The Bertz CT molecular complexity index is 473. The lowest BCUT2D eigenvalue weighted by Crippen LogP contribution is -2.53. The van der Waals surface area contributed by atoms with Crippen molar-refractivity contribution < 1.29 is 19.4 Å². The number of aliphatic hydroxyl groups is 1. The third-order valence-corrected chi connectivity index (χ3v) is 7.16. The van der Waals surface area contributed by atoms with E-state index in [4.69, 9.17) is 9.47 Å². The Morgan fingerprint density at radius 2 is 1.85 bits per heavy atom. The highest BCUT2D eigenvalue weighted by Crippen LogP contribution is 2.57. The van der Waals surface area contributed by atoms with Crippen molar-refractivity contribution >= 4 is 5.97 Å². The van der Waals surface area contributed by atoms with E-state index >= 15 is 0 Å². The van der Waals surface area contributed by atoms with Crippen LogP contribution in [0.2, 0.25) is 0 Å². The Morgan fingerprint density at radius 1 is 1.19 bits per heavy atom. The number of rotatable bonds is 7. The van der Waals surface area contributed by atoms with Gasteiger partial charge in [0.2, 0.25) is 0 Å². The van der Waals surface area contributed by atoms with E-state index in [1.54, 1.807) is 0 Å². The van der Waals surface area contributed by atoms with Gasteiger partial charge < -0.3 is 14.6 Å². The minimum atomic E-state index is -0.469. The number of likely N-dealkylation sites (tertiary alicyclic amines) is 1. The summed E-state index contributed by atoms with van der Waals surface area (Å²) in [4.78, 5) is 14.2. The smallest absolute Gasteiger partial charge is 0.310 e. The van der Waals surface area contributed by atoms with Crippen LogP contribution in [0, 0.1) is 23.7 Å². The zero-order valence-corrected chi connectivity index (χ0v) is 16.2. The molecular formula is C21H35NO4. The molecule has 26 heavy (non-hydrogen) atoms. The molecule has 2 unspecified atom stereocenters. The van der Waals surface area contributed by atoms with Crippen LogP contribution in [0.25, 0.3) is 0 Å². The lowest BCUT2D eigenvalue weighted by atomic mass is 9.54. The molecule has 4 aliphatic carbocycles. The number of esters is 1. The molecule has 5 heteroatoms. The Balaban J connectivity index is 1.24. The van der Waals surface area contributed by atoms with Crippen molar-refractivity contribution in [2.75, 3.05) is 32.8 Å². The monoisotopic (exact) mass is 365 g/mol. The van der Waals surface area contributed by atoms with Crippen LogP contribution in [0.1, 0.15) is 58.3 Å². The van der Waals surface area contributed by atoms with Gasteiger partial charge in [-0.2, -0.15) is 0 Å². The number of piperidine rings is 1. The molecule has 5 fully saturated rings. The molecule has 0 amide bonds. The molecule has 4 bridgehead atoms. The number of hydrogen-bond acceptors (Lipinski definition) is 5. The molecule has 0 spiro atoms. The molecule has 5 rings (SSSR count). The number of nitrogens with zero attached hydrogens (tertiary/aromatic N) is 1. The summed E-state index contributed by atoms with van der Waals surface area (Å²) in [5, 5.41) is 10.5. The number of ether oxygens (including phenoxy) is 2. The van der Waals surface area contributed by atoms with Crippen molar-refractivity contribution in [1.82, 2.24) is 4.90 Å². The number of hydrogen-bond donors (Lipinski definition) is 1. The van der Waals surface area contributed by atoms with Crippen molar-refractivity contribution in [1.29, 1.82) is 0 Å². The van der Waals surface area contributed by atoms with Gasteiger partial charge in [-0.3, -0.25) is 9.69 Å². The second-order valence-electron chi connectivity index (χ2n) is 9.42. The van der Waals surface area contributed by atoms with Gasteiger partial charge in [-0.25, -0.2) is 0 Å². The Hall–Kier alpha value is -0.650. The van der Waals surface area contributed by atoms with E-state index in [-0.39, 0.29) is 17.5 Å². The maximum Gasteiger partial charge on any atom is 0.310 e. The zero-order chi connectivity index (χ0) is 18.1. The van der Waals surface area contributed by atoms with Crippen molar-refractivity contribution in [2.45, 2.75) is 70.0 Å². The predicted octanol–water partition coefficient (Wildman–Crippen LogP) is 2.61. The largest absolute Gasteiger partial charge is 0.466 e. The van der Waals surface area contributed by atoms with Gasteiger partial charge in [-0.1, -0.05) is 0 Å². The topological polar surface area (TPSA) is 59.0 Å². The zero-order valence-electron chi connectivity index (χ0n) is 16.2. The summed E-state index contributed by atoms with van der Waals surface area (Å²) in [5.41, 5.74) is 0.0606. The van der Waals surface area contributed by atoms with Gasteiger partial charge in [0.15, 0.2) is 0 Å². The first-order valence-corrected chi connectivity index (χ1v) is 10.8. The second-order valence-corrected chi connectivity index (χ2v) is 9.42. The second kappa shape index (κ2) is 7.76. The summed E-state index contributed by atoms with van der Waals surface area (Å²) in [5.74, 6) is 2.47. The van der Waals surface area contributed by atoms with Gasteiger partial charge in [-0.05, 0) is 82.6 Å². The molecular weight excluding hydrogens is 330 g/mol. The van der Waals surface area contributed by atoms with Crippen molar-refractivity contribution in [3.63, 3.8) is 0 Å². The molecule has 1 aliphatic heterocycles. The summed E-state index contributed by atoms with van der Waals surface area (Å²) in [6.07, 6.45) is 9.28. The van der Waals surface area contributed by atoms with E-state index in [2.05, 4.69) is 4.90 Å². The average Bonchev–Trinajstić information content (AvgIpc) is 2.59. The number of β-amino-alcohol motifs (C(OH)–C–C–N with tert-alkyl or cyclic N) is 1. The number of aliphatic hydroxyl groups excluding tert-OH is 1. The van der Waals surface area contributed by atoms with Crippen LogP contribution < -0.4 is 0 Å². The number of carbonyl (C=O) groups excluding carboxylic acids is 1. The third kappa shape index (κ3) is 4.10. The molecule has 148 valence electrons. The lowest BCUT2D eigenvalue weighted by molar-refractivity contribution is -0.176. The van der Waals surface area contributed by atoms with Gasteiger partial charge >= 0.3 is 5.97 Å². The summed E-state index contributed by atoms with van der Waals surface area (Å²) in [6, 6.07) is 0. The highest BCUT2D eigenvalue weighted by atomic mass is 16.5.